The van der Waals surface area contributed by atoms with E-state index in [1.807, 2.05) is 18.2 Å². The maximum atomic E-state index is 12.6. The third kappa shape index (κ3) is 3.90. The van der Waals surface area contributed by atoms with Crippen molar-refractivity contribution in [3.05, 3.63) is 48.0 Å². The number of ether oxygens (including phenoxy) is 1. The van der Waals surface area contributed by atoms with Crippen molar-refractivity contribution >= 4 is 5.97 Å². The molecular formula is C24H33NO3. The number of carbonyl (C=O) groups excluding carboxylic acids is 1. The summed E-state index contributed by atoms with van der Waals surface area (Å²) in [5, 5.41) is 9.92. The summed E-state index contributed by atoms with van der Waals surface area (Å²) in [6.07, 6.45) is 10.4. The van der Waals surface area contributed by atoms with Gasteiger partial charge in [-0.3, -0.25) is 0 Å². The molecular weight excluding hydrogens is 350 g/mol. The number of allylic oxidation sites excluding steroid dienone is 2. The minimum absolute atomic E-state index is 0.275. The number of esters is 1. The van der Waals surface area contributed by atoms with Crippen LogP contribution in [-0.2, 0) is 15.1 Å². The Hall–Kier alpha value is -1.65. The first kappa shape index (κ1) is 19.7. The van der Waals surface area contributed by atoms with E-state index in [2.05, 4.69) is 29.2 Å². The van der Waals surface area contributed by atoms with E-state index >= 15 is 0 Å². The molecule has 4 rings (SSSR count). The molecule has 1 aliphatic heterocycles. The lowest BCUT2D eigenvalue weighted by Gasteiger charge is -2.43. The first-order chi connectivity index (χ1) is 13.6. The molecule has 2 bridgehead atoms. The van der Waals surface area contributed by atoms with Crippen molar-refractivity contribution in [2.75, 3.05) is 19.6 Å². The van der Waals surface area contributed by atoms with Gasteiger partial charge in [-0.25, -0.2) is 4.79 Å². The van der Waals surface area contributed by atoms with E-state index in [1.54, 1.807) is 0 Å². The molecule has 0 aromatic heterocycles. The van der Waals surface area contributed by atoms with Crippen LogP contribution in [0.15, 0.2) is 42.5 Å². The molecule has 0 spiro atoms. The number of aliphatic hydroxyl groups is 1. The van der Waals surface area contributed by atoms with Gasteiger partial charge in [-0.1, -0.05) is 48.9 Å². The van der Waals surface area contributed by atoms with E-state index in [4.69, 9.17) is 4.74 Å². The highest BCUT2D eigenvalue weighted by molar-refractivity contribution is 5.74. The highest BCUT2D eigenvalue weighted by Crippen LogP contribution is 2.54. The summed E-state index contributed by atoms with van der Waals surface area (Å²) in [6, 6.07) is 10.3. The SMILES string of the molecule is C[C@H](O)C(=O)O[C@](CCN1CCCCC1)(c1ccccc1)[C@@H]1C[C@H]2C=C[C@@H]1C2. The van der Waals surface area contributed by atoms with E-state index in [0.29, 0.717) is 11.8 Å². The molecule has 1 heterocycles. The minimum atomic E-state index is -1.10. The van der Waals surface area contributed by atoms with Gasteiger partial charge in [0.25, 0.3) is 0 Å². The Morgan fingerprint density at radius 3 is 2.54 bits per heavy atom. The molecule has 28 heavy (non-hydrogen) atoms. The first-order valence-corrected chi connectivity index (χ1v) is 11.0. The average Bonchev–Trinajstić information content (AvgIpc) is 3.36. The number of hydrogen-bond acceptors (Lipinski definition) is 4. The van der Waals surface area contributed by atoms with Gasteiger partial charge in [0, 0.05) is 18.9 Å². The predicted octanol–water partition coefficient (Wildman–Crippen LogP) is 3.89. The monoisotopic (exact) mass is 383 g/mol. The van der Waals surface area contributed by atoms with Gasteiger partial charge in [0.2, 0.25) is 0 Å². The van der Waals surface area contributed by atoms with E-state index in [-0.39, 0.29) is 5.92 Å². The molecule has 2 fully saturated rings. The summed E-state index contributed by atoms with van der Waals surface area (Å²) in [4.78, 5) is 15.2. The quantitative estimate of drug-likeness (QED) is 0.573. The fraction of sp³-hybridized carbons (Fsp3) is 0.625. The van der Waals surface area contributed by atoms with Gasteiger partial charge in [-0.2, -0.15) is 0 Å². The van der Waals surface area contributed by atoms with Crippen LogP contribution in [0, 0.1) is 17.8 Å². The second kappa shape index (κ2) is 8.38. The zero-order valence-corrected chi connectivity index (χ0v) is 16.9. The second-order valence-corrected chi connectivity index (χ2v) is 8.89. The Morgan fingerprint density at radius 1 is 1.18 bits per heavy atom. The topological polar surface area (TPSA) is 49.8 Å². The Kier molecular flexibility index (Phi) is 5.88. The van der Waals surface area contributed by atoms with Gasteiger partial charge in [-0.05, 0) is 63.1 Å². The maximum Gasteiger partial charge on any atom is 0.335 e. The van der Waals surface area contributed by atoms with Crippen LogP contribution in [-0.4, -0.2) is 41.7 Å². The number of benzene rings is 1. The largest absolute Gasteiger partial charge is 0.452 e. The Bertz CT molecular complexity index is 695. The van der Waals surface area contributed by atoms with Crippen molar-refractivity contribution < 1.29 is 14.6 Å². The molecule has 1 aromatic rings. The predicted molar refractivity (Wildman–Crippen MR) is 110 cm³/mol. The van der Waals surface area contributed by atoms with Crippen LogP contribution in [0.3, 0.4) is 0 Å². The summed E-state index contributed by atoms with van der Waals surface area (Å²) < 4.78 is 6.26. The number of carbonyl (C=O) groups is 1. The fourth-order valence-corrected chi connectivity index (χ4v) is 5.54. The van der Waals surface area contributed by atoms with E-state index in [0.717, 1.165) is 44.5 Å². The molecule has 1 N–H and O–H groups in total. The molecule has 2 aliphatic carbocycles. The summed E-state index contributed by atoms with van der Waals surface area (Å²) in [5.41, 5.74) is 0.406. The van der Waals surface area contributed by atoms with E-state index in [1.165, 1.54) is 26.2 Å². The number of aliphatic hydroxyl groups excluding tert-OH is 1. The Labute approximate surface area is 168 Å². The molecule has 3 aliphatic rings. The lowest BCUT2D eigenvalue weighted by molar-refractivity contribution is -0.181. The minimum Gasteiger partial charge on any atom is -0.452 e. The molecule has 0 unspecified atom stereocenters. The molecule has 1 saturated heterocycles. The van der Waals surface area contributed by atoms with Gasteiger partial charge in [-0.15, -0.1) is 0 Å². The zero-order valence-electron chi connectivity index (χ0n) is 16.9. The Balaban J connectivity index is 1.67. The fourth-order valence-electron chi connectivity index (χ4n) is 5.54. The highest BCUT2D eigenvalue weighted by Gasteiger charge is 2.52. The van der Waals surface area contributed by atoms with Gasteiger partial charge in [0.15, 0.2) is 0 Å². The smallest absolute Gasteiger partial charge is 0.335 e. The van der Waals surface area contributed by atoms with Crippen molar-refractivity contribution in [2.45, 2.75) is 57.2 Å². The van der Waals surface area contributed by atoms with Crippen LogP contribution in [0.4, 0.5) is 0 Å². The summed E-state index contributed by atoms with van der Waals surface area (Å²) >= 11 is 0. The van der Waals surface area contributed by atoms with E-state index < -0.39 is 17.7 Å². The first-order valence-electron chi connectivity index (χ1n) is 11.0. The number of piperidine rings is 1. The van der Waals surface area contributed by atoms with Crippen molar-refractivity contribution in [3.8, 4) is 0 Å². The number of fused-ring (bicyclic) bond motifs is 2. The van der Waals surface area contributed by atoms with Crippen LogP contribution in [0.5, 0.6) is 0 Å². The third-order valence-corrected chi connectivity index (χ3v) is 7.01. The van der Waals surface area contributed by atoms with Crippen molar-refractivity contribution in [3.63, 3.8) is 0 Å². The Morgan fingerprint density at radius 2 is 1.93 bits per heavy atom. The van der Waals surface area contributed by atoms with Crippen LogP contribution < -0.4 is 0 Å². The third-order valence-electron chi connectivity index (χ3n) is 7.01. The summed E-state index contributed by atoms with van der Waals surface area (Å²) in [6.45, 7) is 4.70. The average molecular weight is 384 g/mol. The van der Waals surface area contributed by atoms with Crippen LogP contribution in [0.2, 0.25) is 0 Å². The molecule has 4 heteroatoms. The normalized spacial score (nSPS) is 30.1. The van der Waals surface area contributed by atoms with Crippen molar-refractivity contribution in [2.24, 2.45) is 17.8 Å². The van der Waals surface area contributed by atoms with Crippen molar-refractivity contribution in [1.29, 1.82) is 0 Å². The molecule has 1 saturated carbocycles. The zero-order chi connectivity index (χ0) is 19.6. The summed E-state index contributed by atoms with van der Waals surface area (Å²) in [5.74, 6) is 0.818. The molecule has 152 valence electrons. The number of likely N-dealkylation sites (tertiary alicyclic amines) is 1. The standard InChI is InChI=1S/C24H33NO3/c1-18(26)23(27)28-24(21-8-4-2-5-9-21,12-15-25-13-6-3-7-14-25)22-17-19-10-11-20(22)16-19/h2,4-5,8-11,18-20,22,26H,3,6-7,12-17H2,1H3/t18-,19-,20+,22+,24+/m0/s1. The van der Waals surface area contributed by atoms with Crippen LogP contribution in [0.25, 0.3) is 0 Å². The van der Waals surface area contributed by atoms with E-state index in [9.17, 15) is 9.90 Å². The number of hydrogen-bond donors (Lipinski definition) is 1. The van der Waals surface area contributed by atoms with Gasteiger partial charge in [0.1, 0.15) is 11.7 Å². The highest BCUT2D eigenvalue weighted by atomic mass is 16.6. The molecule has 4 nitrogen and oxygen atoms in total. The number of nitrogens with zero attached hydrogens (tertiary/aromatic N) is 1. The van der Waals surface area contributed by atoms with Crippen LogP contribution in [0.1, 0.15) is 51.0 Å². The second-order valence-electron chi connectivity index (χ2n) is 8.89. The van der Waals surface area contributed by atoms with Gasteiger partial charge >= 0.3 is 5.97 Å². The molecule has 0 radical (unpaired) electrons. The number of rotatable bonds is 7. The molecule has 0 amide bonds. The lowest BCUT2D eigenvalue weighted by Crippen LogP contribution is -2.46. The van der Waals surface area contributed by atoms with Crippen molar-refractivity contribution in [1.82, 2.24) is 4.90 Å². The van der Waals surface area contributed by atoms with Gasteiger partial charge < -0.3 is 14.7 Å². The molecule has 1 aromatic carbocycles. The van der Waals surface area contributed by atoms with Gasteiger partial charge in [0.05, 0.1) is 0 Å². The molecule has 5 atom stereocenters. The van der Waals surface area contributed by atoms with Crippen LogP contribution >= 0.6 is 0 Å². The lowest BCUT2D eigenvalue weighted by atomic mass is 9.72. The maximum absolute atomic E-state index is 12.6. The summed E-state index contributed by atoms with van der Waals surface area (Å²) in [7, 11) is 0.